The lowest BCUT2D eigenvalue weighted by molar-refractivity contribution is -0.115. The minimum absolute atomic E-state index is 0.168. The van der Waals surface area contributed by atoms with Gasteiger partial charge in [0.2, 0.25) is 0 Å². The maximum atomic E-state index is 12.7. The molecule has 0 saturated carbocycles. The van der Waals surface area contributed by atoms with E-state index in [9.17, 15) is 4.79 Å². The Morgan fingerprint density at radius 1 is 0.794 bits per heavy atom. The third-order valence-corrected chi connectivity index (χ3v) is 6.19. The van der Waals surface area contributed by atoms with Crippen molar-refractivity contribution in [1.82, 2.24) is 5.32 Å². The maximum Gasteiger partial charge on any atom is 0.264 e. The molecule has 5 rings (SSSR count). The van der Waals surface area contributed by atoms with E-state index >= 15 is 0 Å². The van der Waals surface area contributed by atoms with Crippen molar-refractivity contribution in [3.8, 4) is 16.9 Å². The molecule has 0 spiro atoms. The van der Waals surface area contributed by atoms with Gasteiger partial charge in [-0.25, -0.2) is 4.99 Å². The molecule has 0 radical (unpaired) electrons. The summed E-state index contributed by atoms with van der Waals surface area (Å²) in [5.74, 6) is 0.552. The molecule has 4 aromatic rings. The predicted octanol–water partition coefficient (Wildman–Crippen LogP) is 6.82. The smallest absolute Gasteiger partial charge is 0.264 e. The number of nitrogens with zero attached hydrogens (tertiary/aromatic N) is 1. The van der Waals surface area contributed by atoms with Crippen molar-refractivity contribution in [1.29, 1.82) is 0 Å². The van der Waals surface area contributed by atoms with Gasteiger partial charge in [-0.3, -0.25) is 4.79 Å². The van der Waals surface area contributed by atoms with Crippen molar-refractivity contribution in [2.45, 2.75) is 6.61 Å². The number of thioether (sulfide) groups is 1. The molecule has 0 atom stereocenters. The van der Waals surface area contributed by atoms with E-state index in [4.69, 9.17) is 4.74 Å². The average molecular weight is 463 g/mol. The van der Waals surface area contributed by atoms with Gasteiger partial charge in [0.1, 0.15) is 12.4 Å². The molecule has 4 nitrogen and oxygen atoms in total. The number of ether oxygens (including phenoxy) is 1. The molecule has 0 unspecified atom stereocenters. The van der Waals surface area contributed by atoms with Crippen molar-refractivity contribution in [3.63, 3.8) is 0 Å². The van der Waals surface area contributed by atoms with Crippen LogP contribution in [0.2, 0.25) is 0 Å². The van der Waals surface area contributed by atoms with Crippen LogP contribution < -0.4 is 10.1 Å². The third-order valence-electron chi connectivity index (χ3n) is 5.28. The fourth-order valence-corrected chi connectivity index (χ4v) is 4.41. The number of aliphatic imine (C=N–C) groups is 1. The maximum absolute atomic E-state index is 12.7. The first-order valence-electron chi connectivity index (χ1n) is 11.0. The molecule has 0 bridgehead atoms. The molecule has 34 heavy (non-hydrogen) atoms. The van der Waals surface area contributed by atoms with Crippen LogP contribution in [-0.2, 0) is 11.4 Å². The van der Waals surface area contributed by atoms with Gasteiger partial charge < -0.3 is 10.1 Å². The molecule has 1 fully saturated rings. The van der Waals surface area contributed by atoms with Crippen LogP contribution in [0.3, 0.4) is 0 Å². The highest BCUT2D eigenvalue weighted by atomic mass is 32.2. The molecule has 1 N–H and O–H groups in total. The van der Waals surface area contributed by atoms with Gasteiger partial charge >= 0.3 is 0 Å². The molecule has 1 saturated heterocycles. The van der Waals surface area contributed by atoms with Crippen LogP contribution in [0.4, 0.5) is 5.69 Å². The zero-order valence-corrected chi connectivity index (χ0v) is 19.2. The molecule has 166 valence electrons. The first-order chi connectivity index (χ1) is 16.7. The Morgan fingerprint density at radius 2 is 1.47 bits per heavy atom. The Kier molecular flexibility index (Phi) is 6.54. The standard InChI is InChI=1S/C29H22N2O2S/c32-28-27(34-29(31-28)30-25-14-8-3-9-15-25)19-24-18-23(22-12-6-2-7-13-22)16-17-26(24)33-20-21-10-4-1-5-11-21/h1-19H,20H2,(H,30,31,32)/b27-19-. The summed E-state index contributed by atoms with van der Waals surface area (Å²) in [5.41, 5.74) is 4.88. The zero-order valence-electron chi connectivity index (χ0n) is 18.3. The molecular formula is C29H22N2O2S. The lowest BCUT2D eigenvalue weighted by Crippen LogP contribution is -2.19. The zero-order chi connectivity index (χ0) is 23.2. The number of carbonyl (C=O) groups is 1. The van der Waals surface area contributed by atoms with Gasteiger partial charge in [0.25, 0.3) is 5.91 Å². The molecule has 0 aliphatic carbocycles. The van der Waals surface area contributed by atoms with Gasteiger partial charge in [-0.2, -0.15) is 0 Å². The van der Waals surface area contributed by atoms with Crippen LogP contribution in [0.5, 0.6) is 5.75 Å². The van der Waals surface area contributed by atoms with Crippen molar-refractivity contribution >= 4 is 34.6 Å². The van der Waals surface area contributed by atoms with Crippen molar-refractivity contribution in [2.75, 3.05) is 0 Å². The molecule has 1 heterocycles. The van der Waals surface area contributed by atoms with Crippen molar-refractivity contribution in [2.24, 2.45) is 4.99 Å². The summed E-state index contributed by atoms with van der Waals surface area (Å²) < 4.78 is 6.17. The predicted molar refractivity (Wildman–Crippen MR) is 140 cm³/mol. The van der Waals surface area contributed by atoms with E-state index in [1.807, 2.05) is 97.1 Å². The molecule has 1 amide bonds. The molecule has 0 aromatic heterocycles. The summed E-state index contributed by atoms with van der Waals surface area (Å²) in [4.78, 5) is 17.8. The Labute approximate surface area is 203 Å². The van der Waals surface area contributed by atoms with Gasteiger partial charge in [0, 0.05) is 5.56 Å². The van der Waals surface area contributed by atoms with Gasteiger partial charge in [-0.05, 0) is 58.8 Å². The Morgan fingerprint density at radius 3 is 2.21 bits per heavy atom. The second kappa shape index (κ2) is 10.2. The minimum Gasteiger partial charge on any atom is -0.488 e. The van der Waals surface area contributed by atoms with Crippen LogP contribution in [0.1, 0.15) is 11.1 Å². The third kappa shape index (κ3) is 5.27. The van der Waals surface area contributed by atoms with Gasteiger partial charge in [0.15, 0.2) is 5.17 Å². The summed E-state index contributed by atoms with van der Waals surface area (Å²) in [6.45, 7) is 0.446. The number of nitrogens with one attached hydrogen (secondary N) is 1. The second-order valence-electron chi connectivity index (χ2n) is 7.71. The van der Waals surface area contributed by atoms with E-state index in [2.05, 4.69) is 28.5 Å². The number of carbonyl (C=O) groups excluding carboxylic acids is 1. The minimum atomic E-state index is -0.168. The first kappa shape index (κ1) is 21.7. The molecule has 1 aliphatic rings. The normalized spacial score (nSPS) is 15.5. The van der Waals surface area contributed by atoms with Crippen LogP contribution in [0.15, 0.2) is 119 Å². The number of benzene rings is 4. The first-order valence-corrected chi connectivity index (χ1v) is 11.8. The average Bonchev–Trinajstić information content (AvgIpc) is 3.23. The number of amidine groups is 1. The Balaban J connectivity index is 1.46. The van der Waals surface area contributed by atoms with Crippen LogP contribution in [-0.4, -0.2) is 11.1 Å². The Bertz CT molecular complexity index is 1350. The topological polar surface area (TPSA) is 50.7 Å². The number of para-hydroxylation sites is 1. The number of hydrogen-bond acceptors (Lipinski definition) is 4. The SMILES string of the molecule is O=C1NC(=Nc2ccccc2)S/C1=C\c1cc(-c2ccccc2)ccc1OCc1ccccc1. The van der Waals surface area contributed by atoms with Gasteiger partial charge in [0.05, 0.1) is 10.6 Å². The molecule has 1 aliphatic heterocycles. The van der Waals surface area contributed by atoms with Crippen LogP contribution in [0, 0.1) is 0 Å². The fraction of sp³-hybridized carbons (Fsp3) is 0.0345. The van der Waals surface area contributed by atoms with E-state index in [-0.39, 0.29) is 5.91 Å². The van der Waals surface area contributed by atoms with E-state index in [1.54, 1.807) is 0 Å². The highest BCUT2D eigenvalue weighted by molar-refractivity contribution is 8.18. The highest BCUT2D eigenvalue weighted by Crippen LogP contribution is 2.33. The van der Waals surface area contributed by atoms with Crippen LogP contribution in [0.25, 0.3) is 17.2 Å². The van der Waals surface area contributed by atoms with Crippen LogP contribution >= 0.6 is 11.8 Å². The lowest BCUT2D eigenvalue weighted by atomic mass is 10.0. The molecular weight excluding hydrogens is 440 g/mol. The van der Waals surface area contributed by atoms with E-state index in [0.717, 1.165) is 33.7 Å². The number of hydrogen-bond donors (Lipinski definition) is 1. The quantitative estimate of drug-likeness (QED) is 0.320. The summed E-state index contributed by atoms with van der Waals surface area (Å²) in [6, 6.07) is 35.8. The second-order valence-corrected chi connectivity index (χ2v) is 8.74. The van der Waals surface area contributed by atoms with E-state index in [1.165, 1.54) is 11.8 Å². The summed E-state index contributed by atoms with van der Waals surface area (Å²) in [5, 5.41) is 3.42. The van der Waals surface area contributed by atoms with E-state index in [0.29, 0.717) is 16.7 Å². The highest BCUT2D eigenvalue weighted by Gasteiger charge is 2.24. The number of rotatable bonds is 6. The largest absolute Gasteiger partial charge is 0.488 e. The molecule has 5 heteroatoms. The van der Waals surface area contributed by atoms with Crippen molar-refractivity contribution < 1.29 is 9.53 Å². The van der Waals surface area contributed by atoms with Crippen molar-refractivity contribution in [3.05, 3.63) is 125 Å². The lowest BCUT2D eigenvalue weighted by Gasteiger charge is -2.12. The summed E-state index contributed by atoms with van der Waals surface area (Å²) >= 11 is 1.33. The van der Waals surface area contributed by atoms with Gasteiger partial charge in [-0.1, -0.05) is 84.9 Å². The summed E-state index contributed by atoms with van der Waals surface area (Å²) in [7, 11) is 0. The fourth-order valence-electron chi connectivity index (χ4n) is 3.58. The number of amides is 1. The van der Waals surface area contributed by atoms with Gasteiger partial charge in [-0.15, -0.1) is 0 Å². The summed E-state index contributed by atoms with van der Waals surface area (Å²) in [6.07, 6.45) is 1.88. The Hall–Kier alpha value is -4.09. The van der Waals surface area contributed by atoms with E-state index < -0.39 is 0 Å². The monoisotopic (exact) mass is 462 g/mol. The molecule has 4 aromatic carbocycles.